The fourth-order valence-corrected chi connectivity index (χ4v) is 3.05. The van der Waals surface area contributed by atoms with Crippen molar-refractivity contribution >= 4 is 35.8 Å². The summed E-state index contributed by atoms with van der Waals surface area (Å²) in [5.74, 6) is 2.06. The van der Waals surface area contributed by atoms with Gasteiger partial charge in [0.2, 0.25) is 0 Å². The Hall–Kier alpha value is -1.90. The Balaban J connectivity index is 0.00000261. The van der Waals surface area contributed by atoms with Gasteiger partial charge in [-0.05, 0) is 44.0 Å². The number of guanidine groups is 1. The topological polar surface area (TPSA) is 56.7 Å². The molecule has 0 aromatic carbocycles. The van der Waals surface area contributed by atoms with Crippen molar-refractivity contribution in [3.63, 3.8) is 0 Å². The van der Waals surface area contributed by atoms with E-state index in [1.54, 1.807) is 0 Å². The lowest BCUT2D eigenvalue weighted by molar-refractivity contribution is 0.371. The molecule has 0 amide bonds. The summed E-state index contributed by atoms with van der Waals surface area (Å²) >= 11 is 0. The molecule has 2 aromatic rings. The van der Waals surface area contributed by atoms with Gasteiger partial charge >= 0.3 is 0 Å². The van der Waals surface area contributed by atoms with Crippen LogP contribution in [0.15, 0.2) is 47.7 Å². The van der Waals surface area contributed by atoms with Crippen molar-refractivity contribution < 1.29 is 0 Å². The number of nitrogens with zero attached hydrogens (tertiary/aromatic N) is 5. The Morgan fingerprint density at radius 2 is 1.93 bits per heavy atom. The zero-order chi connectivity index (χ0) is 18.2. The molecule has 3 heterocycles. The second kappa shape index (κ2) is 11.1. The van der Waals surface area contributed by atoms with Crippen molar-refractivity contribution in [2.75, 3.05) is 44.2 Å². The number of halogens is 1. The van der Waals surface area contributed by atoms with Gasteiger partial charge in [-0.1, -0.05) is 12.1 Å². The number of aromatic nitrogens is 2. The maximum absolute atomic E-state index is 4.82. The van der Waals surface area contributed by atoms with Crippen LogP contribution in [0.3, 0.4) is 0 Å². The first-order chi connectivity index (χ1) is 12.8. The number of anilines is 1. The molecule has 0 unspecified atom stereocenters. The molecule has 1 aliphatic heterocycles. The Morgan fingerprint density at radius 3 is 2.56 bits per heavy atom. The van der Waals surface area contributed by atoms with Crippen molar-refractivity contribution in [2.45, 2.75) is 20.3 Å². The normalized spacial score (nSPS) is 14.7. The SMILES string of the molecule is CCNC(=NCCc1ccc(C)nc1)N1CCN(c2ccccn2)CC1.I. The molecule has 3 rings (SSSR count). The zero-order valence-electron chi connectivity index (χ0n) is 16.1. The minimum Gasteiger partial charge on any atom is -0.357 e. The number of aryl methyl sites for hydroxylation is 1. The Labute approximate surface area is 179 Å². The molecular weight excluding hydrogens is 451 g/mol. The summed E-state index contributed by atoms with van der Waals surface area (Å²) < 4.78 is 0. The third-order valence-electron chi connectivity index (χ3n) is 4.52. The molecule has 0 aliphatic carbocycles. The Morgan fingerprint density at radius 1 is 1.11 bits per heavy atom. The molecule has 6 nitrogen and oxygen atoms in total. The van der Waals surface area contributed by atoms with Crippen LogP contribution in [0.1, 0.15) is 18.2 Å². The van der Waals surface area contributed by atoms with Crippen LogP contribution < -0.4 is 10.2 Å². The molecule has 0 radical (unpaired) electrons. The number of hydrogen-bond donors (Lipinski definition) is 1. The average Bonchev–Trinajstić information content (AvgIpc) is 2.70. The van der Waals surface area contributed by atoms with Crippen molar-refractivity contribution in [1.82, 2.24) is 20.2 Å². The lowest BCUT2D eigenvalue weighted by Gasteiger charge is -2.37. The van der Waals surface area contributed by atoms with Gasteiger partial charge in [0.25, 0.3) is 0 Å². The number of nitrogens with one attached hydrogen (secondary N) is 1. The van der Waals surface area contributed by atoms with Crippen LogP contribution in [-0.4, -0.2) is 60.1 Å². The van der Waals surface area contributed by atoms with E-state index in [2.05, 4.69) is 50.2 Å². The molecule has 0 atom stereocenters. The van der Waals surface area contributed by atoms with Crippen LogP contribution in [0.25, 0.3) is 0 Å². The highest BCUT2D eigenvalue weighted by Crippen LogP contribution is 2.12. The zero-order valence-corrected chi connectivity index (χ0v) is 18.5. The predicted octanol–water partition coefficient (Wildman–Crippen LogP) is 2.73. The van der Waals surface area contributed by atoms with Crippen LogP contribution in [0, 0.1) is 6.92 Å². The maximum Gasteiger partial charge on any atom is 0.194 e. The molecule has 1 saturated heterocycles. The van der Waals surface area contributed by atoms with Gasteiger partial charge in [0.15, 0.2) is 5.96 Å². The van der Waals surface area contributed by atoms with Crippen LogP contribution in [0.4, 0.5) is 5.82 Å². The largest absolute Gasteiger partial charge is 0.357 e. The fourth-order valence-electron chi connectivity index (χ4n) is 3.05. The molecular formula is C20H29IN6. The minimum absolute atomic E-state index is 0. The van der Waals surface area contributed by atoms with E-state index >= 15 is 0 Å². The Bertz CT molecular complexity index is 696. The summed E-state index contributed by atoms with van der Waals surface area (Å²) in [6.45, 7) is 9.61. The molecule has 146 valence electrons. The maximum atomic E-state index is 4.82. The summed E-state index contributed by atoms with van der Waals surface area (Å²) in [4.78, 5) is 18.3. The third kappa shape index (κ3) is 6.34. The molecule has 7 heteroatoms. The minimum atomic E-state index is 0. The number of rotatable bonds is 5. The van der Waals surface area contributed by atoms with E-state index in [0.29, 0.717) is 0 Å². The number of piperazine rings is 1. The quantitative estimate of drug-likeness (QED) is 0.405. The summed E-state index contributed by atoms with van der Waals surface area (Å²) in [6.07, 6.45) is 4.71. The molecule has 0 spiro atoms. The van der Waals surface area contributed by atoms with Crippen LogP contribution in [0.2, 0.25) is 0 Å². The third-order valence-corrected chi connectivity index (χ3v) is 4.52. The summed E-state index contributed by atoms with van der Waals surface area (Å²) in [7, 11) is 0. The van der Waals surface area contributed by atoms with Gasteiger partial charge in [0, 0.05) is 57.4 Å². The van der Waals surface area contributed by atoms with Gasteiger partial charge in [-0.25, -0.2) is 4.98 Å². The smallest absolute Gasteiger partial charge is 0.194 e. The number of aliphatic imine (C=N–C) groups is 1. The van der Waals surface area contributed by atoms with Crippen LogP contribution >= 0.6 is 24.0 Å². The highest BCUT2D eigenvalue weighted by atomic mass is 127. The van der Waals surface area contributed by atoms with E-state index in [9.17, 15) is 0 Å². The molecule has 1 fully saturated rings. The van der Waals surface area contributed by atoms with Crippen molar-refractivity contribution in [3.05, 3.63) is 54.0 Å². The van der Waals surface area contributed by atoms with E-state index in [4.69, 9.17) is 4.99 Å². The lowest BCUT2D eigenvalue weighted by atomic mass is 10.2. The van der Waals surface area contributed by atoms with Crippen LogP contribution in [0.5, 0.6) is 0 Å². The van der Waals surface area contributed by atoms with Gasteiger partial charge in [-0.15, -0.1) is 24.0 Å². The summed E-state index contributed by atoms with van der Waals surface area (Å²) in [5.41, 5.74) is 2.28. The van der Waals surface area contributed by atoms with Gasteiger partial charge < -0.3 is 15.1 Å². The van der Waals surface area contributed by atoms with Crippen molar-refractivity contribution in [3.8, 4) is 0 Å². The first-order valence-corrected chi connectivity index (χ1v) is 9.37. The first kappa shape index (κ1) is 21.4. The molecule has 0 saturated carbocycles. The predicted molar refractivity (Wildman–Crippen MR) is 122 cm³/mol. The first-order valence-electron chi connectivity index (χ1n) is 9.37. The molecule has 1 aliphatic rings. The second-order valence-electron chi connectivity index (χ2n) is 6.46. The van der Waals surface area contributed by atoms with E-state index in [1.807, 2.05) is 31.5 Å². The van der Waals surface area contributed by atoms with E-state index in [-0.39, 0.29) is 24.0 Å². The lowest BCUT2D eigenvalue weighted by Crippen LogP contribution is -2.52. The molecule has 0 bridgehead atoms. The molecule has 1 N–H and O–H groups in total. The highest BCUT2D eigenvalue weighted by molar-refractivity contribution is 14.0. The van der Waals surface area contributed by atoms with Gasteiger partial charge in [0.1, 0.15) is 5.82 Å². The monoisotopic (exact) mass is 480 g/mol. The fraction of sp³-hybridized carbons (Fsp3) is 0.450. The van der Waals surface area contributed by atoms with E-state index < -0.39 is 0 Å². The van der Waals surface area contributed by atoms with Gasteiger partial charge in [-0.3, -0.25) is 9.98 Å². The second-order valence-corrected chi connectivity index (χ2v) is 6.46. The average molecular weight is 480 g/mol. The summed E-state index contributed by atoms with van der Waals surface area (Å²) in [5, 5.41) is 3.43. The van der Waals surface area contributed by atoms with Crippen LogP contribution in [-0.2, 0) is 6.42 Å². The van der Waals surface area contributed by atoms with Crippen molar-refractivity contribution in [2.24, 2.45) is 4.99 Å². The van der Waals surface area contributed by atoms with Gasteiger partial charge in [-0.2, -0.15) is 0 Å². The van der Waals surface area contributed by atoms with Crippen molar-refractivity contribution in [1.29, 1.82) is 0 Å². The molecule has 27 heavy (non-hydrogen) atoms. The van der Waals surface area contributed by atoms with E-state index in [1.165, 1.54) is 5.56 Å². The Kier molecular flexibility index (Phi) is 8.77. The standard InChI is InChI=1S/C20H28N6.HI/c1-3-21-20(23-11-9-18-8-7-17(2)24-16-18)26-14-12-25(13-15-26)19-6-4-5-10-22-19;/h4-8,10,16H,3,9,11-15H2,1-2H3,(H,21,23);1H. The number of pyridine rings is 2. The molecule has 2 aromatic heterocycles. The highest BCUT2D eigenvalue weighted by Gasteiger charge is 2.20. The van der Waals surface area contributed by atoms with E-state index in [0.717, 1.165) is 63.2 Å². The number of hydrogen-bond acceptors (Lipinski definition) is 4. The van der Waals surface area contributed by atoms with Gasteiger partial charge in [0.05, 0.1) is 0 Å². The summed E-state index contributed by atoms with van der Waals surface area (Å²) in [6, 6.07) is 10.3.